The molecule has 0 aliphatic rings. The molecule has 13 heavy (non-hydrogen) atoms. The van der Waals surface area contributed by atoms with Gasteiger partial charge in [0, 0.05) is 6.04 Å². The lowest BCUT2D eigenvalue weighted by molar-refractivity contribution is 0.646. The molecule has 0 aromatic heterocycles. The highest BCUT2D eigenvalue weighted by molar-refractivity contribution is 5.23. The Bertz CT molecular complexity index is 238. The molecule has 0 heterocycles. The number of rotatable bonds is 4. The van der Waals surface area contributed by atoms with E-state index in [0.717, 1.165) is 19.3 Å². The summed E-state index contributed by atoms with van der Waals surface area (Å²) in [6, 6.07) is 9.07. The molecular weight excluding hydrogens is 158 g/mol. The molecule has 0 fully saturated rings. The van der Waals surface area contributed by atoms with Crippen molar-refractivity contribution in [3.05, 3.63) is 35.4 Å². The van der Waals surface area contributed by atoms with E-state index in [1.54, 1.807) is 0 Å². The quantitative estimate of drug-likeness (QED) is 0.751. The van der Waals surface area contributed by atoms with Gasteiger partial charge in [0.1, 0.15) is 0 Å². The van der Waals surface area contributed by atoms with E-state index in [2.05, 4.69) is 38.1 Å². The van der Waals surface area contributed by atoms with Gasteiger partial charge in [0.05, 0.1) is 0 Å². The van der Waals surface area contributed by atoms with Crippen LogP contribution in [-0.4, -0.2) is 6.04 Å². The molecule has 1 aromatic carbocycles. The molecule has 0 aliphatic heterocycles. The Labute approximate surface area is 81.0 Å². The van der Waals surface area contributed by atoms with Crippen molar-refractivity contribution >= 4 is 0 Å². The lowest BCUT2D eigenvalue weighted by atomic mass is 10.0. The SMILES string of the molecule is CCc1ccc(C[C@H](N)CC)cc1. The number of benzene rings is 1. The van der Waals surface area contributed by atoms with Gasteiger partial charge in [0.25, 0.3) is 0 Å². The minimum absolute atomic E-state index is 0.312. The Hall–Kier alpha value is -0.820. The largest absolute Gasteiger partial charge is 0.327 e. The second-order valence-corrected chi connectivity index (χ2v) is 3.54. The van der Waals surface area contributed by atoms with Crippen molar-refractivity contribution in [2.45, 2.75) is 39.2 Å². The molecule has 2 N–H and O–H groups in total. The Morgan fingerprint density at radius 3 is 2.08 bits per heavy atom. The summed E-state index contributed by atoms with van der Waals surface area (Å²) in [5.41, 5.74) is 8.63. The lowest BCUT2D eigenvalue weighted by Gasteiger charge is -2.08. The van der Waals surface area contributed by atoms with E-state index >= 15 is 0 Å². The number of hydrogen-bond donors (Lipinski definition) is 1. The molecular formula is C12H19N. The summed E-state index contributed by atoms with van der Waals surface area (Å²) in [4.78, 5) is 0. The molecule has 0 unspecified atom stereocenters. The third-order valence-corrected chi connectivity index (χ3v) is 2.45. The highest BCUT2D eigenvalue weighted by Gasteiger charge is 2.00. The topological polar surface area (TPSA) is 26.0 Å². The molecule has 1 nitrogen and oxygen atoms in total. The summed E-state index contributed by atoms with van der Waals surface area (Å²) >= 11 is 0. The molecule has 0 saturated carbocycles. The van der Waals surface area contributed by atoms with Crippen LogP contribution < -0.4 is 5.73 Å². The second kappa shape index (κ2) is 5.03. The van der Waals surface area contributed by atoms with E-state index in [1.165, 1.54) is 11.1 Å². The minimum atomic E-state index is 0.312. The Kier molecular flexibility index (Phi) is 3.97. The fourth-order valence-electron chi connectivity index (χ4n) is 1.36. The van der Waals surface area contributed by atoms with E-state index < -0.39 is 0 Å². The first-order chi connectivity index (χ1) is 6.26. The van der Waals surface area contributed by atoms with E-state index in [-0.39, 0.29) is 0 Å². The van der Waals surface area contributed by atoms with Gasteiger partial charge in [-0.3, -0.25) is 0 Å². The molecule has 1 rings (SSSR count). The first kappa shape index (κ1) is 10.3. The zero-order chi connectivity index (χ0) is 9.68. The van der Waals surface area contributed by atoms with Crippen LogP contribution in [0.25, 0.3) is 0 Å². The Morgan fingerprint density at radius 1 is 1.08 bits per heavy atom. The summed E-state index contributed by atoms with van der Waals surface area (Å²) in [5, 5.41) is 0. The summed E-state index contributed by atoms with van der Waals surface area (Å²) in [6.07, 6.45) is 3.16. The number of aryl methyl sites for hydroxylation is 1. The molecule has 0 radical (unpaired) electrons. The molecule has 0 bridgehead atoms. The van der Waals surface area contributed by atoms with Crippen LogP contribution in [0.2, 0.25) is 0 Å². The zero-order valence-corrected chi connectivity index (χ0v) is 8.59. The van der Waals surface area contributed by atoms with Crippen LogP contribution in [-0.2, 0) is 12.8 Å². The number of nitrogens with two attached hydrogens (primary N) is 1. The molecule has 0 saturated heterocycles. The van der Waals surface area contributed by atoms with Crippen LogP contribution in [0.5, 0.6) is 0 Å². The van der Waals surface area contributed by atoms with E-state index in [9.17, 15) is 0 Å². The lowest BCUT2D eigenvalue weighted by Crippen LogP contribution is -2.21. The fourth-order valence-corrected chi connectivity index (χ4v) is 1.36. The van der Waals surface area contributed by atoms with Crippen molar-refractivity contribution < 1.29 is 0 Å². The van der Waals surface area contributed by atoms with Crippen LogP contribution in [0.4, 0.5) is 0 Å². The van der Waals surface area contributed by atoms with Crippen molar-refractivity contribution in [1.82, 2.24) is 0 Å². The van der Waals surface area contributed by atoms with Crippen LogP contribution >= 0.6 is 0 Å². The van der Waals surface area contributed by atoms with Crippen molar-refractivity contribution in [2.75, 3.05) is 0 Å². The van der Waals surface area contributed by atoms with Crippen molar-refractivity contribution in [2.24, 2.45) is 5.73 Å². The van der Waals surface area contributed by atoms with Crippen LogP contribution in [0.3, 0.4) is 0 Å². The zero-order valence-electron chi connectivity index (χ0n) is 8.59. The molecule has 1 heteroatoms. The molecule has 1 aromatic rings. The highest BCUT2D eigenvalue weighted by Crippen LogP contribution is 2.07. The maximum absolute atomic E-state index is 5.88. The summed E-state index contributed by atoms with van der Waals surface area (Å²) in [5.74, 6) is 0. The van der Waals surface area contributed by atoms with Gasteiger partial charge >= 0.3 is 0 Å². The number of hydrogen-bond acceptors (Lipinski definition) is 1. The summed E-state index contributed by atoms with van der Waals surface area (Å²) < 4.78 is 0. The molecule has 72 valence electrons. The maximum atomic E-state index is 5.88. The van der Waals surface area contributed by atoms with Gasteiger partial charge in [0.15, 0.2) is 0 Å². The van der Waals surface area contributed by atoms with E-state index in [0.29, 0.717) is 6.04 Å². The third kappa shape index (κ3) is 3.19. The Balaban J connectivity index is 2.58. The minimum Gasteiger partial charge on any atom is -0.327 e. The molecule has 0 aliphatic carbocycles. The summed E-state index contributed by atoms with van der Waals surface area (Å²) in [6.45, 7) is 4.30. The van der Waals surface area contributed by atoms with Gasteiger partial charge in [-0.1, -0.05) is 38.1 Å². The van der Waals surface area contributed by atoms with Crippen LogP contribution in [0.1, 0.15) is 31.4 Å². The van der Waals surface area contributed by atoms with Crippen LogP contribution in [0, 0.1) is 0 Å². The molecule has 0 spiro atoms. The van der Waals surface area contributed by atoms with E-state index in [4.69, 9.17) is 5.73 Å². The van der Waals surface area contributed by atoms with Gasteiger partial charge in [-0.05, 0) is 30.4 Å². The van der Waals surface area contributed by atoms with Crippen molar-refractivity contribution in [3.8, 4) is 0 Å². The third-order valence-electron chi connectivity index (χ3n) is 2.45. The standard InChI is InChI=1S/C12H19N/c1-3-10-5-7-11(8-6-10)9-12(13)4-2/h5-8,12H,3-4,9,13H2,1-2H3/t12-/m1/s1. The molecule has 0 amide bonds. The molecule has 1 atom stereocenters. The second-order valence-electron chi connectivity index (χ2n) is 3.54. The average molecular weight is 177 g/mol. The summed E-state index contributed by atoms with van der Waals surface area (Å²) in [7, 11) is 0. The average Bonchev–Trinajstić information content (AvgIpc) is 2.19. The highest BCUT2D eigenvalue weighted by atomic mass is 14.6. The van der Waals surface area contributed by atoms with Crippen molar-refractivity contribution in [1.29, 1.82) is 0 Å². The first-order valence-corrected chi connectivity index (χ1v) is 5.09. The fraction of sp³-hybridized carbons (Fsp3) is 0.500. The maximum Gasteiger partial charge on any atom is 0.00766 e. The smallest absolute Gasteiger partial charge is 0.00766 e. The van der Waals surface area contributed by atoms with Gasteiger partial charge in [-0.25, -0.2) is 0 Å². The van der Waals surface area contributed by atoms with Crippen molar-refractivity contribution in [3.63, 3.8) is 0 Å². The van der Waals surface area contributed by atoms with Gasteiger partial charge in [0.2, 0.25) is 0 Å². The van der Waals surface area contributed by atoms with Crippen LogP contribution in [0.15, 0.2) is 24.3 Å². The Morgan fingerprint density at radius 2 is 1.62 bits per heavy atom. The van der Waals surface area contributed by atoms with Gasteiger partial charge in [-0.2, -0.15) is 0 Å². The first-order valence-electron chi connectivity index (χ1n) is 5.09. The normalized spacial score (nSPS) is 12.8. The monoisotopic (exact) mass is 177 g/mol. The van der Waals surface area contributed by atoms with E-state index in [1.807, 2.05) is 0 Å². The van der Waals surface area contributed by atoms with Gasteiger partial charge < -0.3 is 5.73 Å². The predicted octanol–water partition coefficient (Wildman–Crippen LogP) is 2.53. The van der Waals surface area contributed by atoms with Gasteiger partial charge in [-0.15, -0.1) is 0 Å². The predicted molar refractivity (Wildman–Crippen MR) is 57.8 cm³/mol.